The zero-order valence-electron chi connectivity index (χ0n) is 8.69. The van der Waals surface area contributed by atoms with Gasteiger partial charge >= 0.3 is 0 Å². The van der Waals surface area contributed by atoms with Gasteiger partial charge in [-0.2, -0.15) is 0 Å². The molecule has 1 aliphatic heterocycles. The number of hydrogen-bond acceptors (Lipinski definition) is 3. The van der Waals surface area contributed by atoms with E-state index in [1.54, 1.807) is 18.2 Å². The summed E-state index contributed by atoms with van der Waals surface area (Å²) in [7, 11) is 0. The number of benzene rings is 2. The first-order chi connectivity index (χ1) is 8.18. The second kappa shape index (κ2) is 3.25. The number of Topliss-reactive ketones (excluding diaryl/α,β-unsaturated/α-hetero) is 2. The van der Waals surface area contributed by atoms with E-state index in [0.29, 0.717) is 5.69 Å². The lowest BCUT2D eigenvalue weighted by atomic mass is 9.96. The fourth-order valence-corrected chi connectivity index (χ4v) is 1.99. The number of carbonyl (C=O) groups excluding carboxylic acids is 3. The predicted molar refractivity (Wildman–Crippen MR) is 61.9 cm³/mol. The van der Waals surface area contributed by atoms with Crippen LogP contribution >= 0.6 is 0 Å². The lowest BCUT2D eigenvalue weighted by Gasteiger charge is -2.16. The third-order valence-corrected chi connectivity index (χ3v) is 2.82. The van der Waals surface area contributed by atoms with Gasteiger partial charge in [0.05, 0.1) is 11.3 Å². The maximum absolute atomic E-state index is 11.7. The van der Waals surface area contributed by atoms with Crippen molar-refractivity contribution in [2.75, 3.05) is 5.32 Å². The smallest absolute Gasteiger partial charge is 0.300 e. The maximum Gasteiger partial charge on any atom is 0.300 e. The lowest BCUT2D eigenvalue weighted by molar-refractivity contribution is -0.132. The van der Waals surface area contributed by atoms with Gasteiger partial charge in [-0.15, -0.1) is 0 Å². The minimum Gasteiger partial charge on any atom is -0.318 e. The van der Waals surface area contributed by atoms with E-state index in [0.717, 1.165) is 10.8 Å². The molecule has 0 saturated carbocycles. The van der Waals surface area contributed by atoms with Gasteiger partial charge in [-0.25, -0.2) is 0 Å². The van der Waals surface area contributed by atoms with Gasteiger partial charge in [-0.3, -0.25) is 14.4 Å². The zero-order valence-corrected chi connectivity index (χ0v) is 8.69. The molecule has 1 heterocycles. The minimum atomic E-state index is -1.01. The molecule has 0 aliphatic carbocycles. The summed E-state index contributed by atoms with van der Waals surface area (Å²) in [5.74, 6) is -2.61. The van der Waals surface area contributed by atoms with Crippen LogP contribution in [0, 0.1) is 0 Å². The highest BCUT2D eigenvalue weighted by molar-refractivity contribution is 6.71. The molecule has 3 rings (SSSR count). The third-order valence-electron chi connectivity index (χ3n) is 2.82. The first-order valence-corrected chi connectivity index (χ1v) is 5.10. The molecular formula is C13H7NO3. The van der Waals surface area contributed by atoms with E-state index in [2.05, 4.69) is 5.32 Å². The summed E-state index contributed by atoms with van der Waals surface area (Å²) in [5.41, 5.74) is 0.686. The molecule has 0 fully saturated rings. The van der Waals surface area contributed by atoms with Crippen LogP contribution in [0.2, 0.25) is 0 Å². The highest BCUT2D eigenvalue weighted by Crippen LogP contribution is 2.30. The Kier molecular flexibility index (Phi) is 1.86. The molecule has 1 N–H and O–H groups in total. The number of amides is 1. The second-order valence-electron chi connectivity index (χ2n) is 3.82. The monoisotopic (exact) mass is 225 g/mol. The Morgan fingerprint density at radius 2 is 1.59 bits per heavy atom. The first kappa shape index (κ1) is 9.72. The van der Waals surface area contributed by atoms with E-state index in [-0.39, 0.29) is 5.56 Å². The highest BCUT2D eigenvalue weighted by Gasteiger charge is 2.32. The average molecular weight is 225 g/mol. The number of nitrogens with one attached hydrogen (secondary N) is 1. The van der Waals surface area contributed by atoms with Crippen LogP contribution in [0.1, 0.15) is 10.4 Å². The van der Waals surface area contributed by atoms with E-state index >= 15 is 0 Å². The largest absolute Gasteiger partial charge is 0.318 e. The molecule has 82 valence electrons. The Labute approximate surface area is 96.2 Å². The Bertz CT molecular complexity index is 688. The predicted octanol–water partition coefficient (Wildman–Crippen LogP) is 1.54. The number of fused-ring (bicyclic) bond motifs is 3. The van der Waals surface area contributed by atoms with Crippen molar-refractivity contribution < 1.29 is 14.4 Å². The van der Waals surface area contributed by atoms with Crippen LogP contribution in [0.15, 0.2) is 36.4 Å². The fraction of sp³-hybridized carbons (Fsp3) is 0. The fourth-order valence-electron chi connectivity index (χ4n) is 1.99. The third kappa shape index (κ3) is 1.27. The van der Waals surface area contributed by atoms with Crippen molar-refractivity contribution >= 4 is 33.9 Å². The number of hydrogen-bond donors (Lipinski definition) is 1. The van der Waals surface area contributed by atoms with Gasteiger partial charge in [-0.05, 0) is 11.5 Å². The molecule has 0 unspecified atom stereocenters. The molecule has 2 aromatic carbocycles. The molecule has 1 aliphatic rings. The Hall–Kier alpha value is -2.49. The molecule has 2 aromatic rings. The summed E-state index contributed by atoms with van der Waals surface area (Å²) < 4.78 is 0. The van der Waals surface area contributed by atoms with E-state index in [1.165, 1.54) is 0 Å². The van der Waals surface area contributed by atoms with Crippen molar-refractivity contribution in [3.05, 3.63) is 42.0 Å². The topological polar surface area (TPSA) is 63.2 Å². The summed E-state index contributed by atoms with van der Waals surface area (Å²) in [5, 5.41) is 4.15. The number of ketones is 2. The summed E-state index contributed by atoms with van der Waals surface area (Å²) in [6.07, 6.45) is 0. The molecule has 0 atom stereocenters. The van der Waals surface area contributed by atoms with Crippen LogP contribution in [-0.2, 0) is 9.59 Å². The van der Waals surface area contributed by atoms with Crippen molar-refractivity contribution in [2.45, 2.75) is 0 Å². The van der Waals surface area contributed by atoms with Gasteiger partial charge in [0, 0.05) is 5.39 Å². The lowest BCUT2D eigenvalue weighted by Crippen LogP contribution is -2.35. The van der Waals surface area contributed by atoms with Crippen LogP contribution in [-0.4, -0.2) is 17.5 Å². The standard InChI is InChI=1S/C13H7NO3/c15-11-9-6-5-7-3-1-2-4-8(7)10(9)14-13(17)12(11)16/h1-6H,(H,14,17). The molecule has 0 aromatic heterocycles. The van der Waals surface area contributed by atoms with Gasteiger partial charge in [0.2, 0.25) is 5.78 Å². The van der Waals surface area contributed by atoms with Gasteiger partial charge in [0.15, 0.2) is 0 Å². The molecule has 0 bridgehead atoms. The summed E-state index contributed by atoms with van der Waals surface area (Å²) in [6, 6.07) is 10.7. The summed E-state index contributed by atoms with van der Waals surface area (Å²) in [4.78, 5) is 34.3. The number of anilines is 1. The summed E-state index contributed by atoms with van der Waals surface area (Å²) >= 11 is 0. The molecular weight excluding hydrogens is 218 g/mol. The van der Waals surface area contributed by atoms with Crippen molar-refractivity contribution in [1.29, 1.82) is 0 Å². The Balaban J connectivity index is 2.38. The van der Waals surface area contributed by atoms with Crippen LogP contribution in [0.4, 0.5) is 5.69 Å². The Morgan fingerprint density at radius 1 is 0.824 bits per heavy atom. The van der Waals surface area contributed by atoms with E-state index in [4.69, 9.17) is 0 Å². The minimum absolute atomic E-state index is 0.258. The number of carbonyl (C=O) groups is 3. The van der Waals surface area contributed by atoms with Gasteiger partial charge in [0.25, 0.3) is 11.7 Å². The molecule has 4 heteroatoms. The Morgan fingerprint density at radius 3 is 2.41 bits per heavy atom. The molecule has 17 heavy (non-hydrogen) atoms. The number of rotatable bonds is 0. The van der Waals surface area contributed by atoms with Crippen molar-refractivity contribution in [3.8, 4) is 0 Å². The van der Waals surface area contributed by atoms with Crippen LogP contribution < -0.4 is 5.32 Å². The van der Waals surface area contributed by atoms with Crippen molar-refractivity contribution in [3.63, 3.8) is 0 Å². The average Bonchev–Trinajstić information content (AvgIpc) is 2.36. The molecule has 0 radical (unpaired) electrons. The molecule has 4 nitrogen and oxygen atoms in total. The van der Waals surface area contributed by atoms with E-state index in [9.17, 15) is 14.4 Å². The zero-order chi connectivity index (χ0) is 12.0. The maximum atomic E-state index is 11.7. The van der Waals surface area contributed by atoms with Gasteiger partial charge in [0.1, 0.15) is 0 Å². The van der Waals surface area contributed by atoms with E-state index < -0.39 is 17.5 Å². The van der Waals surface area contributed by atoms with E-state index in [1.807, 2.05) is 18.2 Å². The summed E-state index contributed by atoms with van der Waals surface area (Å²) in [6.45, 7) is 0. The quantitative estimate of drug-likeness (QED) is 0.692. The first-order valence-electron chi connectivity index (χ1n) is 5.10. The molecule has 1 amide bonds. The van der Waals surface area contributed by atoms with Crippen LogP contribution in [0.5, 0.6) is 0 Å². The van der Waals surface area contributed by atoms with Crippen LogP contribution in [0.25, 0.3) is 10.8 Å². The SMILES string of the molecule is O=C1Nc2c(ccc3ccccc23)C(=O)C1=O. The van der Waals surface area contributed by atoms with Gasteiger partial charge < -0.3 is 5.32 Å². The van der Waals surface area contributed by atoms with Crippen molar-refractivity contribution in [2.24, 2.45) is 0 Å². The second-order valence-corrected chi connectivity index (χ2v) is 3.82. The highest BCUT2D eigenvalue weighted by atomic mass is 16.2. The molecule has 0 saturated heterocycles. The normalized spacial score (nSPS) is 14.7. The van der Waals surface area contributed by atoms with Crippen LogP contribution in [0.3, 0.4) is 0 Å². The van der Waals surface area contributed by atoms with Crippen molar-refractivity contribution in [1.82, 2.24) is 0 Å². The molecule has 0 spiro atoms. The van der Waals surface area contributed by atoms with Gasteiger partial charge in [-0.1, -0.05) is 30.3 Å².